The predicted molar refractivity (Wildman–Crippen MR) is 99.8 cm³/mol. The summed E-state index contributed by atoms with van der Waals surface area (Å²) in [5.41, 5.74) is 2.38. The van der Waals surface area contributed by atoms with Gasteiger partial charge in [0.15, 0.2) is 5.11 Å². The zero-order valence-corrected chi connectivity index (χ0v) is 14.9. The van der Waals surface area contributed by atoms with Crippen LogP contribution in [0, 0.1) is 0 Å². The number of hydrogen-bond acceptors (Lipinski definition) is 2. The SMILES string of the molecule is CCN1C(=S)N[C@@H](c2ccccn2)[C@@H]1c1ccn(C2CCCC2)c1. The molecule has 0 bridgehead atoms. The Balaban J connectivity index is 1.67. The van der Waals surface area contributed by atoms with Crippen LogP contribution in [0.2, 0.25) is 0 Å². The Labute approximate surface area is 148 Å². The lowest BCUT2D eigenvalue weighted by atomic mass is 9.99. The molecule has 3 heterocycles. The molecule has 1 aliphatic heterocycles. The third-order valence-corrected chi connectivity index (χ3v) is 5.72. The fourth-order valence-corrected chi connectivity index (χ4v) is 4.51. The van der Waals surface area contributed by atoms with Crippen LogP contribution in [0.15, 0.2) is 42.9 Å². The quantitative estimate of drug-likeness (QED) is 0.853. The molecule has 2 fully saturated rings. The molecule has 4 nitrogen and oxygen atoms in total. The molecule has 0 unspecified atom stereocenters. The number of likely N-dealkylation sites (N-methyl/N-ethyl adjacent to an activating group) is 1. The molecule has 0 amide bonds. The molecule has 0 aromatic carbocycles. The van der Waals surface area contributed by atoms with Gasteiger partial charge in [0.2, 0.25) is 0 Å². The van der Waals surface area contributed by atoms with E-state index in [1.54, 1.807) is 0 Å². The average molecular weight is 340 g/mol. The molecule has 2 atom stereocenters. The van der Waals surface area contributed by atoms with Crippen molar-refractivity contribution in [2.24, 2.45) is 0 Å². The maximum atomic E-state index is 5.59. The fraction of sp³-hybridized carbons (Fsp3) is 0.474. The van der Waals surface area contributed by atoms with Gasteiger partial charge in [0, 0.05) is 31.2 Å². The summed E-state index contributed by atoms with van der Waals surface area (Å²) in [6.45, 7) is 3.06. The summed E-state index contributed by atoms with van der Waals surface area (Å²) in [5, 5.41) is 4.31. The minimum absolute atomic E-state index is 0.109. The summed E-state index contributed by atoms with van der Waals surface area (Å²) in [5.74, 6) is 0. The van der Waals surface area contributed by atoms with Crippen molar-refractivity contribution < 1.29 is 0 Å². The molecule has 1 N–H and O–H groups in total. The van der Waals surface area contributed by atoms with E-state index in [0.717, 1.165) is 17.4 Å². The van der Waals surface area contributed by atoms with E-state index in [0.29, 0.717) is 6.04 Å². The number of rotatable bonds is 4. The van der Waals surface area contributed by atoms with Gasteiger partial charge in [0.25, 0.3) is 0 Å². The standard InChI is InChI=1S/C19H24N4S/c1-2-23-18(14-10-12-22(13-14)15-7-3-4-8-15)17(21-19(23)24)16-9-5-6-11-20-16/h5-6,9-13,15,17-18H,2-4,7-8H2,1H3,(H,21,24)/t17-,18-/m0/s1. The zero-order valence-electron chi connectivity index (χ0n) is 14.1. The van der Waals surface area contributed by atoms with Crippen molar-refractivity contribution in [2.45, 2.75) is 50.7 Å². The number of nitrogens with zero attached hydrogens (tertiary/aromatic N) is 3. The first-order valence-electron chi connectivity index (χ1n) is 8.93. The van der Waals surface area contributed by atoms with Gasteiger partial charge in [-0.3, -0.25) is 4.98 Å². The smallest absolute Gasteiger partial charge is 0.170 e. The van der Waals surface area contributed by atoms with Crippen LogP contribution in [-0.2, 0) is 0 Å². The number of hydrogen-bond donors (Lipinski definition) is 1. The Morgan fingerprint density at radius 2 is 2.08 bits per heavy atom. The Bertz CT molecular complexity index is 705. The topological polar surface area (TPSA) is 33.1 Å². The molecule has 1 saturated heterocycles. The first-order chi connectivity index (χ1) is 11.8. The normalized spacial score (nSPS) is 24.5. The molecule has 4 rings (SSSR count). The third-order valence-electron chi connectivity index (χ3n) is 5.36. The molecule has 2 aromatic heterocycles. The molecular formula is C19H24N4S. The van der Waals surface area contributed by atoms with E-state index >= 15 is 0 Å². The molecule has 0 radical (unpaired) electrons. The van der Waals surface area contributed by atoms with Crippen molar-refractivity contribution in [2.75, 3.05) is 6.54 Å². The van der Waals surface area contributed by atoms with E-state index in [2.05, 4.69) is 51.2 Å². The highest BCUT2D eigenvalue weighted by molar-refractivity contribution is 7.80. The van der Waals surface area contributed by atoms with Crippen molar-refractivity contribution in [1.29, 1.82) is 0 Å². The van der Waals surface area contributed by atoms with E-state index in [4.69, 9.17) is 12.2 Å². The number of pyridine rings is 1. The lowest BCUT2D eigenvalue weighted by Gasteiger charge is -2.26. The van der Waals surface area contributed by atoms with Crippen LogP contribution >= 0.6 is 12.2 Å². The molecule has 1 saturated carbocycles. The summed E-state index contributed by atoms with van der Waals surface area (Å²) < 4.78 is 2.41. The summed E-state index contributed by atoms with van der Waals surface area (Å²) in [6, 6.07) is 9.33. The average Bonchev–Trinajstić information content (AvgIpc) is 3.34. The van der Waals surface area contributed by atoms with Crippen LogP contribution in [-0.4, -0.2) is 26.1 Å². The van der Waals surface area contributed by atoms with Gasteiger partial charge in [-0.2, -0.15) is 0 Å². The summed E-state index contributed by atoms with van der Waals surface area (Å²) >= 11 is 5.59. The van der Waals surface area contributed by atoms with Gasteiger partial charge in [0.05, 0.1) is 17.8 Å². The van der Waals surface area contributed by atoms with Crippen LogP contribution in [0.5, 0.6) is 0 Å². The predicted octanol–water partition coefficient (Wildman–Crippen LogP) is 3.99. The van der Waals surface area contributed by atoms with Gasteiger partial charge in [0.1, 0.15) is 0 Å². The van der Waals surface area contributed by atoms with E-state index in [1.807, 2.05) is 18.3 Å². The van der Waals surface area contributed by atoms with Crippen molar-refractivity contribution in [1.82, 2.24) is 19.8 Å². The minimum atomic E-state index is 0.109. The third kappa shape index (κ3) is 2.71. The van der Waals surface area contributed by atoms with Gasteiger partial charge < -0.3 is 14.8 Å². The van der Waals surface area contributed by atoms with E-state index < -0.39 is 0 Å². The molecule has 0 spiro atoms. The van der Waals surface area contributed by atoms with Gasteiger partial charge >= 0.3 is 0 Å². The Morgan fingerprint density at radius 1 is 1.25 bits per heavy atom. The number of nitrogens with one attached hydrogen (secondary N) is 1. The van der Waals surface area contributed by atoms with Crippen LogP contribution in [0.4, 0.5) is 0 Å². The van der Waals surface area contributed by atoms with Crippen LogP contribution in [0.1, 0.15) is 62.0 Å². The number of aromatic nitrogens is 2. The lowest BCUT2D eigenvalue weighted by molar-refractivity contribution is 0.330. The highest BCUT2D eigenvalue weighted by Crippen LogP contribution is 2.39. The molecule has 1 aliphatic carbocycles. The van der Waals surface area contributed by atoms with E-state index in [-0.39, 0.29) is 12.1 Å². The second kappa shape index (κ2) is 6.55. The van der Waals surface area contributed by atoms with E-state index in [1.165, 1.54) is 31.2 Å². The van der Waals surface area contributed by atoms with Gasteiger partial charge in [-0.1, -0.05) is 18.9 Å². The minimum Gasteiger partial charge on any atom is -0.352 e. The van der Waals surface area contributed by atoms with Crippen molar-refractivity contribution >= 4 is 17.3 Å². The molecule has 2 aliphatic rings. The Hall–Kier alpha value is -1.88. The second-order valence-corrected chi connectivity index (χ2v) is 7.13. The van der Waals surface area contributed by atoms with E-state index in [9.17, 15) is 0 Å². The monoisotopic (exact) mass is 340 g/mol. The first kappa shape index (κ1) is 15.6. The fourth-order valence-electron chi connectivity index (χ4n) is 4.14. The van der Waals surface area contributed by atoms with Crippen LogP contribution < -0.4 is 5.32 Å². The molecule has 2 aromatic rings. The zero-order chi connectivity index (χ0) is 16.5. The first-order valence-corrected chi connectivity index (χ1v) is 9.34. The maximum Gasteiger partial charge on any atom is 0.170 e. The highest BCUT2D eigenvalue weighted by Gasteiger charge is 2.39. The summed E-state index contributed by atoms with van der Waals surface area (Å²) in [7, 11) is 0. The largest absolute Gasteiger partial charge is 0.352 e. The molecule has 126 valence electrons. The van der Waals surface area contributed by atoms with Gasteiger partial charge in [-0.15, -0.1) is 0 Å². The molecular weight excluding hydrogens is 316 g/mol. The van der Waals surface area contributed by atoms with Crippen LogP contribution in [0.25, 0.3) is 0 Å². The van der Waals surface area contributed by atoms with Gasteiger partial charge in [-0.25, -0.2) is 0 Å². The Kier molecular flexibility index (Phi) is 4.27. The van der Waals surface area contributed by atoms with Crippen molar-refractivity contribution in [3.05, 3.63) is 54.1 Å². The van der Waals surface area contributed by atoms with Crippen molar-refractivity contribution in [3.63, 3.8) is 0 Å². The lowest BCUT2D eigenvalue weighted by Crippen LogP contribution is -2.29. The van der Waals surface area contributed by atoms with Gasteiger partial charge in [-0.05, 0) is 55.7 Å². The van der Waals surface area contributed by atoms with Crippen LogP contribution in [0.3, 0.4) is 0 Å². The summed E-state index contributed by atoms with van der Waals surface area (Å²) in [4.78, 5) is 6.85. The molecule has 5 heteroatoms. The Morgan fingerprint density at radius 3 is 2.79 bits per heavy atom. The second-order valence-electron chi connectivity index (χ2n) is 6.74. The number of thiocarbonyl (C=S) groups is 1. The highest BCUT2D eigenvalue weighted by atomic mass is 32.1. The van der Waals surface area contributed by atoms with Crippen molar-refractivity contribution in [3.8, 4) is 0 Å². The summed E-state index contributed by atoms with van der Waals surface area (Å²) in [6.07, 6.45) is 11.7. The molecule has 24 heavy (non-hydrogen) atoms. The maximum absolute atomic E-state index is 5.59.